The fourth-order valence-electron chi connectivity index (χ4n) is 3.82. The van der Waals surface area contributed by atoms with Crippen LogP contribution in [-0.4, -0.2) is 53.0 Å². The molecule has 2 amide bonds. The molecule has 8 heteroatoms. The Hall–Kier alpha value is -1.96. The molecule has 0 unspecified atom stereocenters. The summed E-state index contributed by atoms with van der Waals surface area (Å²) in [6, 6.07) is 0.310. The second-order valence-corrected chi connectivity index (χ2v) is 7.38. The summed E-state index contributed by atoms with van der Waals surface area (Å²) in [5, 5.41) is 17.1. The summed E-state index contributed by atoms with van der Waals surface area (Å²) in [5.41, 5.74) is 0.331. The fraction of sp³-hybridized carbons (Fsp3) is 0.778. The van der Waals surface area contributed by atoms with Crippen molar-refractivity contribution < 1.29 is 9.59 Å². The van der Waals surface area contributed by atoms with Crippen LogP contribution in [0.3, 0.4) is 0 Å². The molecular weight excluding hydrogens is 332 g/mol. The second-order valence-electron chi connectivity index (χ2n) is 7.38. The predicted molar refractivity (Wildman–Crippen MR) is 97.7 cm³/mol. The van der Waals surface area contributed by atoms with Gasteiger partial charge < -0.3 is 16.0 Å². The van der Waals surface area contributed by atoms with Gasteiger partial charge in [0.25, 0.3) is 5.91 Å². The summed E-state index contributed by atoms with van der Waals surface area (Å²) in [4.78, 5) is 24.1. The maximum Gasteiger partial charge on any atom is 0.273 e. The van der Waals surface area contributed by atoms with E-state index in [0.717, 1.165) is 38.8 Å². The first-order valence-electron chi connectivity index (χ1n) is 9.90. The summed E-state index contributed by atoms with van der Waals surface area (Å²) < 4.78 is 1.79. The van der Waals surface area contributed by atoms with Crippen LogP contribution in [0.25, 0.3) is 0 Å². The van der Waals surface area contributed by atoms with E-state index in [4.69, 9.17) is 0 Å². The zero-order valence-corrected chi connectivity index (χ0v) is 15.4. The fourth-order valence-corrected chi connectivity index (χ4v) is 3.82. The smallest absolute Gasteiger partial charge is 0.273 e. The van der Waals surface area contributed by atoms with Crippen LogP contribution in [0.2, 0.25) is 0 Å². The van der Waals surface area contributed by atoms with E-state index in [9.17, 15) is 9.59 Å². The summed E-state index contributed by atoms with van der Waals surface area (Å²) in [7, 11) is 0. The van der Waals surface area contributed by atoms with Gasteiger partial charge in [-0.3, -0.25) is 9.59 Å². The molecule has 2 heterocycles. The molecule has 2 aliphatic rings. The van der Waals surface area contributed by atoms with E-state index in [1.54, 1.807) is 10.9 Å². The van der Waals surface area contributed by atoms with Crippen LogP contribution in [0.1, 0.15) is 67.9 Å². The van der Waals surface area contributed by atoms with Crippen molar-refractivity contribution in [1.29, 1.82) is 0 Å². The van der Waals surface area contributed by atoms with Crippen molar-refractivity contribution in [2.24, 2.45) is 5.92 Å². The van der Waals surface area contributed by atoms with Gasteiger partial charge >= 0.3 is 0 Å². The van der Waals surface area contributed by atoms with Crippen LogP contribution in [0.15, 0.2) is 6.20 Å². The summed E-state index contributed by atoms with van der Waals surface area (Å²) in [6.45, 7) is 2.77. The zero-order valence-electron chi connectivity index (χ0n) is 15.4. The maximum atomic E-state index is 12.2. The third-order valence-electron chi connectivity index (χ3n) is 5.36. The van der Waals surface area contributed by atoms with E-state index in [0.29, 0.717) is 37.2 Å². The number of carbonyl (C=O) groups is 2. The quantitative estimate of drug-likeness (QED) is 0.629. The van der Waals surface area contributed by atoms with Crippen molar-refractivity contribution >= 4 is 11.8 Å². The minimum absolute atomic E-state index is 0.0861. The Bertz CT molecular complexity index is 590. The third-order valence-corrected chi connectivity index (χ3v) is 5.36. The van der Waals surface area contributed by atoms with Crippen molar-refractivity contribution in [3.05, 3.63) is 11.9 Å². The van der Waals surface area contributed by atoms with Gasteiger partial charge in [-0.25, -0.2) is 4.68 Å². The molecule has 1 saturated heterocycles. The molecule has 1 aliphatic carbocycles. The van der Waals surface area contributed by atoms with Crippen molar-refractivity contribution in [1.82, 2.24) is 30.9 Å². The number of aromatic nitrogens is 3. The van der Waals surface area contributed by atoms with Crippen LogP contribution in [0, 0.1) is 5.92 Å². The van der Waals surface area contributed by atoms with E-state index in [1.807, 2.05) is 0 Å². The molecular formula is C18H30N6O2. The van der Waals surface area contributed by atoms with Gasteiger partial charge in [-0.2, -0.15) is 0 Å². The van der Waals surface area contributed by atoms with E-state index < -0.39 is 0 Å². The van der Waals surface area contributed by atoms with E-state index >= 15 is 0 Å². The number of hydrogen-bond donors (Lipinski definition) is 3. The van der Waals surface area contributed by atoms with Gasteiger partial charge in [0.05, 0.1) is 12.2 Å². The monoisotopic (exact) mass is 362 g/mol. The molecule has 144 valence electrons. The number of amides is 2. The van der Waals surface area contributed by atoms with Crippen molar-refractivity contribution in [3.8, 4) is 0 Å². The van der Waals surface area contributed by atoms with Crippen molar-refractivity contribution in [2.45, 2.75) is 57.4 Å². The van der Waals surface area contributed by atoms with Crippen LogP contribution < -0.4 is 16.0 Å². The number of hydrogen-bond acceptors (Lipinski definition) is 5. The Morgan fingerprint density at radius 2 is 1.81 bits per heavy atom. The molecule has 0 aromatic carbocycles. The van der Waals surface area contributed by atoms with Crippen LogP contribution >= 0.6 is 0 Å². The first kappa shape index (κ1) is 18.8. The summed E-state index contributed by atoms with van der Waals surface area (Å²) >= 11 is 0. The van der Waals surface area contributed by atoms with Gasteiger partial charge in [0, 0.05) is 19.5 Å². The van der Waals surface area contributed by atoms with Gasteiger partial charge in [0.15, 0.2) is 5.69 Å². The van der Waals surface area contributed by atoms with Crippen LogP contribution in [0.4, 0.5) is 0 Å². The Morgan fingerprint density at radius 1 is 1.08 bits per heavy atom. The number of carbonyl (C=O) groups excluding carboxylic acids is 2. The number of nitrogens with one attached hydrogen (secondary N) is 3. The molecule has 1 aromatic rings. The highest BCUT2D eigenvalue weighted by atomic mass is 16.2. The highest BCUT2D eigenvalue weighted by Crippen LogP contribution is 2.25. The number of rotatable bonds is 7. The Kier molecular flexibility index (Phi) is 6.99. The Morgan fingerprint density at radius 3 is 2.58 bits per heavy atom. The van der Waals surface area contributed by atoms with Crippen LogP contribution in [0.5, 0.6) is 0 Å². The maximum absolute atomic E-state index is 12.2. The van der Waals surface area contributed by atoms with E-state index in [2.05, 4.69) is 26.3 Å². The Labute approximate surface area is 154 Å². The molecule has 0 radical (unpaired) electrons. The van der Waals surface area contributed by atoms with Gasteiger partial charge in [-0.1, -0.05) is 24.5 Å². The van der Waals surface area contributed by atoms with Crippen LogP contribution in [-0.2, 0) is 4.79 Å². The van der Waals surface area contributed by atoms with Gasteiger partial charge in [-0.05, 0) is 44.7 Å². The molecule has 0 spiro atoms. The first-order chi connectivity index (χ1) is 12.7. The standard InChI is InChI=1S/C18H30N6O2/c25-17(12-14-4-2-1-3-5-14)20-10-11-21-18(26)16-13-24(23-22-16)15-6-8-19-9-7-15/h13-15,19H,1-12H2,(H,20,25)(H,21,26). The summed E-state index contributed by atoms with van der Waals surface area (Å²) in [6.07, 6.45) is 10.4. The number of piperidine rings is 1. The van der Waals surface area contributed by atoms with Gasteiger partial charge in [0.1, 0.15) is 0 Å². The zero-order chi connectivity index (χ0) is 18.2. The molecule has 0 bridgehead atoms. The molecule has 26 heavy (non-hydrogen) atoms. The lowest BCUT2D eigenvalue weighted by atomic mass is 9.87. The van der Waals surface area contributed by atoms with E-state index in [-0.39, 0.29) is 11.8 Å². The lowest BCUT2D eigenvalue weighted by Crippen LogP contribution is -2.35. The number of nitrogens with zero attached hydrogens (tertiary/aromatic N) is 3. The minimum atomic E-state index is -0.244. The minimum Gasteiger partial charge on any atom is -0.354 e. The van der Waals surface area contributed by atoms with Crippen molar-refractivity contribution in [2.75, 3.05) is 26.2 Å². The summed E-state index contributed by atoms with van der Waals surface area (Å²) in [5.74, 6) is 0.373. The third kappa shape index (κ3) is 5.52. The molecule has 1 aliphatic heterocycles. The highest BCUT2D eigenvalue weighted by Gasteiger charge is 2.19. The first-order valence-corrected chi connectivity index (χ1v) is 9.90. The molecule has 3 N–H and O–H groups in total. The molecule has 1 aromatic heterocycles. The molecule has 2 fully saturated rings. The lowest BCUT2D eigenvalue weighted by molar-refractivity contribution is -0.122. The highest BCUT2D eigenvalue weighted by molar-refractivity contribution is 5.91. The molecule has 0 atom stereocenters. The normalized spacial score (nSPS) is 19.2. The SMILES string of the molecule is O=C(CC1CCCCC1)NCCNC(=O)c1cn(C2CCNCC2)nn1. The molecule has 8 nitrogen and oxygen atoms in total. The van der Waals surface area contributed by atoms with Crippen molar-refractivity contribution in [3.63, 3.8) is 0 Å². The van der Waals surface area contributed by atoms with E-state index in [1.165, 1.54) is 19.3 Å². The Balaban J connectivity index is 1.33. The largest absolute Gasteiger partial charge is 0.354 e. The topological polar surface area (TPSA) is 101 Å². The average Bonchev–Trinajstić information content (AvgIpc) is 3.17. The van der Waals surface area contributed by atoms with Gasteiger partial charge in [0.2, 0.25) is 5.91 Å². The molecule has 3 rings (SSSR count). The molecule has 1 saturated carbocycles. The average molecular weight is 362 g/mol. The predicted octanol–water partition coefficient (Wildman–Crippen LogP) is 1.02. The second kappa shape index (κ2) is 9.66. The lowest BCUT2D eigenvalue weighted by Gasteiger charge is -2.22. The van der Waals surface area contributed by atoms with Gasteiger partial charge in [-0.15, -0.1) is 5.10 Å².